The lowest BCUT2D eigenvalue weighted by Crippen LogP contribution is -2.32. The van der Waals surface area contributed by atoms with Crippen molar-refractivity contribution in [3.63, 3.8) is 0 Å². The second kappa shape index (κ2) is 6.27. The highest BCUT2D eigenvalue weighted by atomic mass is 19.1. The van der Waals surface area contributed by atoms with Crippen LogP contribution in [0.25, 0.3) is 5.57 Å². The van der Waals surface area contributed by atoms with E-state index < -0.39 is 23.0 Å². The Kier molecular flexibility index (Phi) is 4.29. The van der Waals surface area contributed by atoms with Crippen LogP contribution in [0.3, 0.4) is 0 Å². The van der Waals surface area contributed by atoms with Crippen LogP contribution in [0, 0.1) is 18.6 Å². The molecule has 6 heteroatoms. The van der Waals surface area contributed by atoms with Gasteiger partial charge in [-0.2, -0.15) is 0 Å². The highest BCUT2D eigenvalue weighted by Gasteiger charge is 2.43. The molecule has 1 aliphatic carbocycles. The Hall–Kier alpha value is -2.76. The predicted molar refractivity (Wildman–Crippen MR) is 88.4 cm³/mol. The van der Waals surface area contributed by atoms with Crippen LogP contribution < -0.4 is 4.74 Å². The van der Waals surface area contributed by atoms with Gasteiger partial charge >= 0.3 is 5.97 Å². The minimum Gasteiger partial charge on any atom is -0.480 e. The molecule has 1 aromatic heterocycles. The molecular weight excluding hydrogens is 328 g/mol. The maximum absolute atomic E-state index is 13.9. The zero-order valence-electron chi connectivity index (χ0n) is 13.8. The Morgan fingerprint density at radius 1 is 1.32 bits per heavy atom. The van der Waals surface area contributed by atoms with Crippen LogP contribution in [0.2, 0.25) is 0 Å². The number of methoxy groups -OCH3 is 1. The van der Waals surface area contributed by atoms with E-state index in [4.69, 9.17) is 4.74 Å². The number of nitrogens with zero attached hydrogens (tertiary/aromatic N) is 1. The van der Waals surface area contributed by atoms with Gasteiger partial charge in [-0.1, -0.05) is 18.2 Å². The molecule has 2 aromatic rings. The van der Waals surface area contributed by atoms with Gasteiger partial charge < -0.3 is 9.84 Å². The number of carboxylic acid groups (broad SMARTS) is 1. The van der Waals surface area contributed by atoms with Crippen molar-refractivity contribution in [2.75, 3.05) is 7.11 Å². The first-order chi connectivity index (χ1) is 11.9. The van der Waals surface area contributed by atoms with Crippen LogP contribution >= 0.6 is 0 Å². The van der Waals surface area contributed by atoms with Crippen molar-refractivity contribution in [2.24, 2.45) is 0 Å². The van der Waals surface area contributed by atoms with Crippen LogP contribution in [0.5, 0.6) is 5.88 Å². The number of halogens is 2. The number of carbonyl (C=O) groups is 1. The van der Waals surface area contributed by atoms with Gasteiger partial charge in [0.25, 0.3) is 0 Å². The fourth-order valence-electron chi connectivity index (χ4n) is 3.34. The van der Waals surface area contributed by atoms with Crippen molar-refractivity contribution in [3.8, 4) is 5.88 Å². The zero-order chi connectivity index (χ0) is 18.2. The summed E-state index contributed by atoms with van der Waals surface area (Å²) in [6.45, 7) is 1.57. The summed E-state index contributed by atoms with van der Waals surface area (Å²) in [6.07, 6.45) is 3.73. The van der Waals surface area contributed by atoms with E-state index in [2.05, 4.69) is 4.98 Å². The first-order valence-electron chi connectivity index (χ1n) is 7.79. The fraction of sp³-hybridized carbons (Fsp3) is 0.263. The van der Waals surface area contributed by atoms with E-state index in [-0.39, 0.29) is 12.3 Å². The maximum atomic E-state index is 13.9. The number of hydrogen-bond donors (Lipinski definition) is 1. The number of aliphatic carboxylic acids is 1. The molecule has 0 amide bonds. The van der Waals surface area contributed by atoms with E-state index in [0.29, 0.717) is 28.7 Å². The Balaban J connectivity index is 2.10. The largest absolute Gasteiger partial charge is 0.480 e. The molecule has 0 saturated heterocycles. The van der Waals surface area contributed by atoms with E-state index in [9.17, 15) is 18.7 Å². The summed E-state index contributed by atoms with van der Waals surface area (Å²) in [4.78, 5) is 15.9. The van der Waals surface area contributed by atoms with Gasteiger partial charge in [-0.15, -0.1) is 0 Å². The third kappa shape index (κ3) is 2.77. The topological polar surface area (TPSA) is 59.4 Å². The lowest BCUT2D eigenvalue weighted by atomic mass is 9.78. The highest BCUT2D eigenvalue weighted by molar-refractivity contribution is 5.90. The van der Waals surface area contributed by atoms with Gasteiger partial charge in [0.15, 0.2) is 5.82 Å². The molecule has 3 rings (SSSR count). The lowest BCUT2D eigenvalue weighted by Gasteiger charge is -2.24. The molecule has 25 heavy (non-hydrogen) atoms. The quantitative estimate of drug-likeness (QED) is 0.914. The summed E-state index contributed by atoms with van der Waals surface area (Å²) in [7, 11) is 1.32. The maximum Gasteiger partial charge on any atom is 0.318 e. The third-order valence-corrected chi connectivity index (χ3v) is 4.71. The molecule has 0 saturated carbocycles. The average molecular weight is 345 g/mol. The normalized spacial score (nSPS) is 19.6. The van der Waals surface area contributed by atoms with Gasteiger partial charge in [0, 0.05) is 6.20 Å². The zero-order valence-corrected chi connectivity index (χ0v) is 13.8. The van der Waals surface area contributed by atoms with Crippen molar-refractivity contribution in [3.05, 3.63) is 64.9 Å². The average Bonchev–Trinajstić information content (AvgIpc) is 3.04. The summed E-state index contributed by atoms with van der Waals surface area (Å²) in [6, 6.07) is 5.70. The second-order valence-electron chi connectivity index (χ2n) is 6.07. The van der Waals surface area contributed by atoms with Crippen molar-refractivity contribution >= 4 is 11.5 Å². The van der Waals surface area contributed by atoms with Gasteiger partial charge in [0.05, 0.1) is 7.11 Å². The number of benzene rings is 1. The molecule has 0 bridgehead atoms. The molecule has 1 heterocycles. The predicted octanol–water partition coefficient (Wildman–Crippen LogP) is 3.88. The second-order valence-corrected chi connectivity index (χ2v) is 6.07. The Labute approximate surface area is 143 Å². The van der Waals surface area contributed by atoms with Gasteiger partial charge in [-0.25, -0.2) is 13.8 Å². The summed E-state index contributed by atoms with van der Waals surface area (Å²) in [5, 5.41) is 9.86. The fourth-order valence-corrected chi connectivity index (χ4v) is 3.34. The van der Waals surface area contributed by atoms with Crippen LogP contribution in [0.15, 0.2) is 36.5 Å². The number of hydrogen-bond acceptors (Lipinski definition) is 3. The number of allylic oxidation sites excluding steroid dienone is 1. The van der Waals surface area contributed by atoms with Crippen molar-refractivity contribution in [2.45, 2.75) is 25.2 Å². The van der Waals surface area contributed by atoms with E-state index in [1.54, 1.807) is 19.1 Å². The van der Waals surface area contributed by atoms with Gasteiger partial charge in [-0.3, -0.25) is 4.79 Å². The summed E-state index contributed by atoms with van der Waals surface area (Å²) in [5.41, 5.74) is 0.548. The molecule has 0 aliphatic heterocycles. The van der Waals surface area contributed by atoms with Crippen LogP contribution in [0.1, 0.15) is 29.5 Å². The summed E-state index contributed by atoms with van der Waals surface area (Å²) in [5.74, 6) is -2.24. The van der Waals surface area contributed by atoms with Crippen molar-refractivity contribution in [1.29, 1.82) is 0 Å². The van der Waals surface area contributed by atoms with Gasteiger partial charge in [0.1, 0.15) is 11.2 Å². The lowest BCUT2D eigenvalue weighted by molar-refractivity contribution is -0.141. The molecule has 1 aliphatic rings. The standard InChI is InChI=1S/C19H17F2NO3/c1-11-14(4-3-5-15(11)20)19(18(23)24)7-6-12(9-19)13-8-16(21)17(25-2)22-10-13/h3-5,8-10H,6-7H2,1-2H3,(H,23,24). The molecule has 130 valence electrons. The number of aromatic nitrogens is 1. The van der Waals surface area contributed by atoms with Gasteiger partial charge in [0.2, 0.25) is 5.88 Å². The molecule has 0 spiro atoms. The van der Waals surface area contributed by atoms with E-state index in [0.717, 1.165) is 0 Å². The van der Waals surface area contributed by atoms with E-state index >= 15 is 0 Å². The Bertz CT molecular complexity index is 879. The molecule has 0 radical (unpaired) electrons. The Morgan fingerprint density at radius 3 is 2.72 bits per heavy atom. The molecule has 1 atom stereocenters. The third-order valence-electron chi connectivity index (χ3n) is 4.71. The van der Waals surface area contributed by atoms with E-state index in [1.165, 1.54) is 31.5 Å². The minimum atomic E-state index is -1.34. The van der Waals surface area contributed by atoms with Crippen LogP contribution in [-0.4, -0.2) is 23.2 Å². The number of carboxylic acids is 1. The van der Waals surface area contributed by atoms with Crippen LogP contribution in [-0.2, 0) is 10.2 Å². The summed E-state index contributed by atoms with van der Waals surface area (Å²) < 4.78 is 32.6. The minimum absolute atomic E-state index is 0.118. The molecule has 1 unspecified atom stereocenters. The number of pyridine rings is 1. The molecule has 0 fully saturated rings. The first kappa shape index (κ1) is 17.1. The van der Waals surface area contributed by atoms with Gasteiger partial charge in [-0.05, 0) is 54.2 Å². The van der Waals surface area contributed by atoms with Crippen LogP contribution in [0.4, 0.5) is 8.78 Å². The first-order valence-corrected chi connectivity index (χ1v) is 7.79. The monoisotopic (exact) mass is 345 g/mol. The van der Waals surface area contributed by atoms with Crippen molar-refractivity contribution in [1.82, 2.24) is 4.98 Å². The Morgan fingerprint density at radius 2 is 2.08 bits per heavy atom. The van der Waals surface area contributed by atoms with E-state index in [1.807, 2.05) is 0 Å². The number of rotatable bonds is 4. The molecular formula is C19H17F2NO3. The molecule has 1 aromatic carbocycles. The highest BCUT2D eigenvalue weighted by Crippen LogP contribution is 2.44. The summed E-state index contributed by atoms with van der Waals surface area (Å²) >= 11 is 0. The molecule has 4 nitrogen and oxygen atoms in total. The number of ether oxygens (including phenoxy) is 1. The SMILES string of the molecule is COc1ncc(C2=CC(C(=O)O)(c3cccc(F)c3C)CC2)cc1F. The molecule has 1 N–H and O–H groups in total. The smallest absolute Gasteiger partial charge is 0.318 e. The van der Waals surface area contributed by atoms with Crippen molar-refractivity contribution < 1.29 is 23.4 Å².